The summed E-state index contributed by atoms with van der Waals surface area (Å²) >= 11 is 0. The fourth-order valence-corrected chi connectivity index (χ4v) is 2.51. The molecule has 1 amide bonds. The van der Waals surface area contributed by atoms with Gasteiger partial charge >= 0.3 is 0 Å². The van der Waals surface area contributed by atoms with Crippen LogP contribution in [0.25, 0.3) is 0 Å². The normalized spacial score (nSPS) is 10.4. The lowest BCUT2D eigenvalue weighted by molar-refractivity contribution is 0.102. The molecule has 6 nitrogen and oxygen atoms in total. The van der Waals surface area contributed by atoms with Crippen LogP contribution in [0.5, 0.6) is 11.5 Å². The molecule has 2 aromatic carbocycles. The zero-order chi connectivity index (χ0) is 18.5. The van der Waals surface area contributed by atoms with Gasteiger partial charge in [-0.2, -0.15) is 5.10 Å². The molecule has 0 radical (unpaired) electrons. The van der Waals surface area contributed by atoms with Gasteiger partial charge in [0, 0.05) is 6.20 Å². The van der Waals surface area contributed by atoms with Crippen LogP contribution in [0.3, 0.4) is 0 Å². The maximum absolute atomic E-state index is 12.5. The number of nitrogens with zero attached hydrogens (tertiary/aromatic N) is 2. The Bertz CT molecular complexity index is 918. The van der Waals surface area contributed by atoms with E-state index in [1.807, 2.05) is 56.3 Å². The second-order valence-corrected chi connectivity index (χ2v) is 5.94. The zero-order valence-corrected chi connectivity index (χ0v) is 15.0. The Labute approximate surface area is 152 Å². The second kappa shape index (κ2) is 7.74. The zero-order valence-electron chi connectivity index (χ0n) is 15.0. The van der Waals surface area contributed by atoms with Gasteiger partial charge in [0.1, 0.15) is 11.5 Å². The third kappa shape index (κ3) is 4.03. The van der Waals surface area contributed by atoms with Gasteiger partial charge in [0.05, 0.1) is 12.8 Å². The van der Waals surface area contributed by atoms with E-state index in [0.717, 1.165) is 16.9 Å². The SMILES string of the molecule is COc1ccc(C)cc1NC(=O)c1ccn(COc2ccccc2C)n1. The molecule has 0 aliphatic rings. The molecule has 26 heavy (non-hydrogen) atoms. The lowest BCUT2D eigenvalue weighted by Gasteiger charge is -2.10. The van der Waals surface area contributed by atoms with Crippen molar-refractivity contribution in [2.24, 2.45) is 0 Å². The lowest BCUT2D eigenvalue weighted by Crippen LogP contribution is -2.15. The van der Waals surface area contributed by atoms with Crippen LogP contribution in [0, 0.1) is 13.8 Å². The Morgan fingerprint density at radius 3 is 2.69 bits per heavy atom. The van der Waals surface area contributed by atoms with E-state index in [0.29, 0.717) is 17.1 Å². The molecule has 0 aliphatic carbocycles. The molecule has 0 bridgehead atoms. The number of aryl methyl sites for hydroxylation is 2. The summed E-state index contributed by atoms with van der Waals surface area (Å²) in [4.78, 5) is 12.5. The molecule has 0 fully saturated rings. The van der Waals surface area contributed by atoms with Crippen molar-refractivity contribution in [3.05, 3.63) is 71.5 Å². The highest BCUT2D eigenvalue weighted by atomic mass is 16.5. The number of carbonyl (C=O) groups is 1. The summed E-state index contributed by atoms with van der Waals surface area (Å²) in [6, 6.07) is 15.0. The van der Waals surface area contributed by atoms with Crippen molar-refractivity contribution in [1.29, 1.82) is 0 Å². The molecular formula is C20H21N3O3. The topological polar surface area (TPSA) is 65.4 Å². The molecule has 3 rings (SSSR count). The summed E-state index contributed by atoms with van der Waals surface area (Å²) in [5, 5.41) is 7.10. The maximum atomic E-state index is 12.5. The number of benzene rings is 2. The van der Waals surface area contributed by atoms with Gasteiger partial charge in [0.25, 0.3) is 5.91 Å². The number of anilines is 1. The Morgan fingerprint density at radius 1 is 1.12 bits per heavy atom. The van der Waals surface area contributed by atoms with Crippen LogP contribution >= 0.6 is 0 Å². The lowest BCUT2D eigenvalue weighted by atomic mass is 10.2. The van der Waals surface area contributed by atoms with Gasteiger partial charge in [-0.1, -0.05) is 24.3 Å². The van der Waals surface area contributed by atoms with Crippen LogP contribution in [-0.2, 0) is 6.73 Å². The minimum atomic E-state index is -0.302. The van der Waals surface area contributed by atoms with Crippen molar-refractivity contribution in [3.8, 4) is 11.5 Å². The van der Waals surface area contributed by atoms with E-state index in [1.165, 1.54) is 0 Å². The van der Waals surface area contributed by atoms with Gasteiger partial charge in [0.15, 0.2) is 12.4 Å². The molecule has 1 N–H and O–H groups in total. The van der Waals surface area contributed by atoms with Gasteiger partial charge in [-0.05, 0) is 49.2 Å². The van der Waals surface area contributed by atoms with Crippen molar-refractivity contribution < 1.29 is 14.3 Å². The van der Waals surface area contributed by atoms with Crippen molar-refractivity contribution >= 4 is 11.6 Å². The molecular weight excluding hydrogens is 330 g/mol. The molecule has 1 heterocycles. The Hall–Kier alpha value is -3.28. The third-order valence-corrected chi connectivity index (χ3v) is 3.92. The van der Waals surface area contributed by atoms with E-state index in [4.69, 9.17) is 9.47 Å². The van der Waals surface area contributed by atoms with Crippen molar-refractivity contribution in [2.75, 3.05) is 12.4 Å². The van der Waals surface area contributed by atoms with Crippen LogP contribution in [0.2, 0.25) is 0 Å². The summed E-state index contributed by atoms with van der Waals surface area (Å²) in [6.45, 7) is 4.16. The number of methoxy groups -OCH3 is 1. The van der Waals surface area contributed by atoms with Crippen LogP contribution in [0.15, 0.2) is 54.7 Å². The van der Waals surface area contributed by atoms with Crippen molar-refractivity contribution in [3.63, 3.8) is 0 Å². The number of ether oxygens (including phenoxy) is 2. The molecule has 3 aromatic rings. The van der Waals surface area contributed by atoms with Gasteiger partial charge in [-0.15, -0.1) is 0 Å². The van der Waals surface area contributed by atoms with Crippen LogP contribution in [-0.4, -0.2) is 22.8 Å². The average Bonchev–Trinajstić information content (AvgIpc) is 3.10. The summed E-state index contributed by atoms with van der Waals surface area (Å²) in [7, 11) is 1.57. The molecule has 1 aromatic heterocycles. The minimum absolute atomic E-state index is 0.228. The first-order valence-corrected chi connectivity index (χ1v) is 8.24. The van der Waals surface area contributed by atoms with Gasteiger partial charge in [0.2, 0.25) is 0 Å². The van der Waals surface area contributed by atoms with Gasteiger partial charge < -0.3 is 14.8 Å². The summed E-state index contributed by atoms with van der Waals surface area (Å²) in [5.41, 5.74) is 2.99. The van der Waals surface area contributed by atoms with E-state index in [2.05, 4.69) is 10.4 Å². The van der Waals surface area contributed by atoms with E-state index in [-0.39, 0.29) is 12.6 Å². The first-order chi connectivity index (χ1) is 12.6. The number of hydrogen-bond donors (Lipinski definition) is 1. The number of aromatic nitrogens is 2. The van der Waals surface area contributed by atoms with Gasteiger partial charge in [-0.3, -0.25) is 4.79 Å². The predicted octanol–water partition coefficient (Wildman–Crippen LogP) is 3.80. The Morgan fingerprint density at radius 2 is 1.92 bits per heavy atom. The molecule has 0 unspecified atom stereocenters. The minimum Gasteiger partial charge on any atom is -0.495 e. The number of hydrogen-bond acceptors (Lipinski definition) is 4. The number of nitrogens with one attached hydrogen (secondary N) is 1. The Balaban J connectivity index is 1.67. The van der Waals surface area contributed by atoms with Crippen molar-refractivity contribution in [1.82, 2.24) is 9.78 Å². The molecule has 0 aliphatic heterocycles. The fourth-order valence-electron chi connectivity index (χ4n) is 2.51. The van der Waals surface area contributed by atoms with E-state index in [9.17, 15) is 4.79 Å². The molecule has 0 saturated carbocycles. The smallest absolute Gasteiger partial charge is 0.276 e. The first kappa shape index (κ1) is 17.5. The number of amides is 1. The highest BCUT2D eigenvalue weighted by molar-refractivity contribution is 6.03. The van der Waals surface area contributed by atoms with E-state index in [1.54, 1.807) is 24.1 Å². The van der Waals surface area contributed by atoms with E-state index >= 15 is 0 Å². The molecule has 134 valence electrons. The first-order valence-electron chi connectivity index (χ1n) is 8.24. The van der Waals surface area contributed by atoms with Gasteiger partial charge in [-0.25, -0.2) is 4.68 Å². The van der Waals surface area contributed by atoms with Crippen LogP contribution < -0.4 is 14.8 Å². The van der Waals surface area contributed by atoms with Crippen LogP contribution in [0.4, 0.5) is 5.69 Å². The van der Waals surface area contributed by atoms with Crippen LogP contribution in [0.1, 0.15) is 21.6 Å². The molecule has 0 atom stereocenters. The predicted molar refractivity (Wildman–Crippen MR) is 99.7 cm³/mol. The second-order valence-electron chi connectivity index (χ2n) is 5.94. The van der Waals surface area contributed by atoms with Crippen molar-refractivity contribution in [2.45, 2.75) is 20.6 Å². The molecule has 0 spiro atoms. The quantitative estimate of drug-likeness (QED) is 0.734. The summed E-state index contributed by atoms with van der Waals surface area (Å²) in [6.07, 6.45) is 1.71. The standard InChI is InChI=1S/C20H21N3O3/c1-14-8-9-19(25-3)17(12-14)21-20(24)16-10-11-23(22-16)13-26-18-7-5-4-6-15(18)2/h4-12H,13H2,1-3H3,(H,21,24). The molecule has 6 heteroatoms. The fraction of sp³-hybridized carbons (Fsp3) is 0.200. The third-order valence-electron chi connectivity index (χ3n) is 3.92. The maximum Gasteiger partial charge on any atom is 0.276 e. The monoisotopic (exact) mass is 351 g/mol. The highest BCUT2D eigenvalue weighted by Gasteiger charge is 2.13. The number of para-hydroxylation sites is 1. The number of carbonyl (C=O) groups excluding carboxylic acids is 1. The van der Waals surface area contributed by atoms with E-state index < -0.39 is 0 Å². The summed E-state index contributed by atoms with van der Waals surface area (Å²) < 4.78 is 12.6. The highest BCUT2D eigenvalue weighted by Crippen LogP contribution is 2.25. The molecule has 0 saturated heterocycles. The Kier molecular flexibility index (Phi) is 5.22. The average molecular weight is 351 g/mol. The number of rotatable bonds is 6. The largest absolute Gasteiger partial charge is 0.495 e. The summed E-state index contributed by atoms with van der Waals surface area (Å²) in [5.74, 6) is 1.09.